The molecule has 0 spiro atoms. The van der Waals surface area contributed by atoms with E-state index in [1.165, 1.54) is 32.5 Å². The van der Waals surface area contributed by atoms with Gasteiger partial charge in [0.1, 0.15) is 0 Å². The Morgan fingerprint density at radius 3 is 2.44 bits per heavy atom. The van der Waals surface area contributed by atoms with Crippen molar-refractivity contribution in [1.82, 2.24) is 4.41 Å². The van der Waals surface area contributed by atoms with Gasteiger partial charge < -0.3 is 15.2 Å². The van der Waals surface area contributed by atoms with E-state index in [0.717, 1.165) is 9.98 Å². The minimum Gasteiger partial charge on any atom is -0.493 e. The van der Waals surface area contributed by atoms with Gasteiger partial charge in [0, 0.05) is 7.05 Å². The summed E-state index contributed by atoms with van der Waals surface area (Å²) in [6, 6.07) is 11.3. The van der Waals surface area contributed by atoms with E-state index in [4.69, 9.17) is 15.2 Å². The first-order valence-electron chi connectivity index (χ1n) is 7.93. The smallest absolute Gasteiger partial charge is 0.278 e. The molecule has 2 aromatic rings. The van der Waals surface area contributed by atoms with Crippen LogP contribution in [0, 0.1) is 6.92 Å². The van der Waals surface area contributed by atoms with Gasteiger partial charge in [-0.25, -0.2) is 0 Å². The molecule has 9 heteroatoms. The van der Waals surface area contributed by atoms with Gasteiger partial charge in [-0.3, -0.25) is 4.79 Å². The number of nitrogens with zero attached hydrogens (tertiary/aromatic N) is 2. The standard InChI is InChI=1S/C18H21N3O5S/c1-13-4-7-15(8-5-13)27(23,24)21(2)20-11-14-6-9-16(17(10-14)25-3)26-12-18(19)22/h4-11H,12H2,1-3H3,(H2,19,22). The Balaban J connectivity index is 2.18. The predicted molar refractivity (Wildman–Crippen MR) is 101 cm³/mol. The number of hydrogen-bond acceptors (Lipinski definition) is 6. The van der Waals surface area contributed by atoms with Crippen molar-refractivity contribution in [2.24, 2.45) is 10.8 Å². The Kier molecular flexibility index (Phi) is 6.40. The highest BCUT2D eigenvalue weighted by Gasteiger charge is 2.18. The molecule has 0 aliphatic rings. The molecule has 1 amide bonds. The molecule has 27 heavy (non-hydrogen) atoms. The van der Waals surface area contributed by atoms with Gasteiger partial charge in [-0.05, 0) is 42.8 Å². The van der Waals surface area contributed by atoms with Gasteiger partial charge in [-0.15, -0.1) is 0 Å². The van der Waals surface area contributed by atoms with Crippen LogP contribution in [0.25, 0.3) is 0 Å². The molecule has 2 rings (SSSR count). The number of aryl methyl sites for hydroxylation is 1. The summed E-state index contributed by atoms with van der Waals surface area (Å²) < 4.78 is 36.4. The third kappa shape index (κ3) is 5.20. The lowest BCUT2D eigenvalue weighted by atomic mass is 10.2. The molecule has 0 radical (unpaired) electrons. The molecule has 144 valence electrons. The molecule has 0 unspecified atom stereocenters. The zero-order chi connectivity index (χ0) is 20.0. The first-order valence-corrected chi connectivity index (χ1v) is 9.37. The largest absolute Gasteiger partial charge is 0.493 e. The molecule has 0 aliphatic heterocycles. The molecule has 0 bridgehead atoms. The molecule has 0 saturated carbocycles. The molecule has 0 aliphatic carbocycles. The normalized spacial score (nSPS) is 11.4. The Labute approximate surface area is 158 Å². The highest BCUT2D eigenvalue weighted by atomic mass is 32.2. The minimum atomic E-state index is -3.74. The van der Waals surface area contributed by atoms with E-state index < -0.39 is 15.9 Å². The highest BCUT2D eigenvalue weighted by molar-refractivity contribution is 7.89. The van der Waals surface area contributed by atoms with Crippen LogP contribution in [0.1, 0.15) is 11.1 Å². The summed E-state index contributed by atoms with van der Waals surface area (Å²) >= 11 is 0. The van der Waals surface area contributed by atoms with Gasteiger partial charge in [0.25, 0.3) is 15.9 Å². The number of carbonyl (C=O) groups is 1. The fraction of sp³-hybridized carbons (Fsp3) is 0.222. The molecule has 2 aromatic carbocycles. The van der Waals surface area contributed by atoms with Crippen LogP contribution in [-0.2, 0) is 14.8 Å². The maximum Gasteiger partial charge on any atom is 0.278 e. The SMILES string of the molecule is COc1cc(C=NN(C)S(=O)(=O)c2ccc(C)cc2)ccc1OCC(N)=O. The first kappa shape index (κ1) is 20.2. The third-order valence-corrected chi connectivity index (χ3v) is 5.25. The second-order valence-electron chi connectivity index (χ2n) is 5.66. The molecule has 0 saturated heterocycles. The van der Waals surface area contributed by atoms with Crippen LogP contribution in [0.3, 0.4) is 0 Å². The summed E-state index contributed by atoms with van der Waals surface area (Å²) in [6.45, 7) is 1.60. The fourth-order valence-electron chi connectivity index (χ4n) is 2.11. The van der Waals surface area contributed by atoms with Gasteiger partial charge in [0.05, 0.1) is 18.2 Å². The van der Waals surface area contributed by atoms with Crippen molar-refractivity contribution in [3.8, 4) is 11.5 Å². The molecule has 0 atom stereocenters. The van der Waals surface area contributed by atoms with E-state index in [0.29, 0.717) is 17.1 Å². The van der Waals surface area contributed by atoms with E-state index in [2.05, 4.69) is 5.10 Å². The average molecular weight is 391 g/mol. The molecule has 8 nitrogen and oxygen atoms in total. The lowest BCUT2D eigenvalue weighted by Gasteiger charge is -2.14. The highest BCUT2D eigenvalue weighted by Crippen LogP contribution is 2.27. The lowest BCUT2D eigenvalue weighted by molar-refractivity contribution is -0.119. The van der Waals surface area contributed by atoms with E-state index >= 15 is 0 Å². The number of carbonyl (C=O) groups excluding carboxylic acids is 1. The molecule has 0 fully saturated rings. The minimum absolute atomic E-state index is 0.153. The van der Waals surface area contributed by atoms with Crippen molar-refractivity contribution < 1.29 is 22.7 Å². The average Bonchev–Trinajstić information content (AvgIpc) is 2.64. The van der Waals surface area contributed by atoms with E-state index in [-0.39, 0.29) is 11.5 Å². The second-order valence-corrected chi connectivity index (χ2v) is 7.61. The summed E-state index contributed by atoms with van der Waals surface area (Å²) in [4.78, 5) is 11.0. The van der Waals surface area contributed by atoms with Crippen molar-refractivity contribution in [2.75, 3.05) is 20.8 Å². The monoisotopic (exact) mass is 391 g/mol. The number of sulfonamides is 1. The van der Waals surface area contributed by atoms with Crippen molar-refractivity contribution >= 4 is 22.1 Å². The Morgan fingerprint density at radius 1 is 1.19 bits per heavy atom. The van der Waals surface area contributed by atoms with Crippen LogP contribution in [0.4, 0.5) is 0 Å². The number of methoxy groups -OCH3 is 1. The molecular weight excluding hydrogens is 370 g/mol. The Bertz CT molecular complexity index is 940. The van der Waals surface area contributed by atoms with Gasteiger partial charge in [0.2, 0.25) is 0 Å². The molecule has 0 aromatic heterocycles. The van der Waals surface area contributed by atoms with Crippen molar-refractivity contribution in [3.63, 3.8) is 0 Å². The van der Waals surface area contributed by atoms with Gasteiger partial charge in [-0.2, -0.15) is 17.9 Å². The first-order chi connectivity index (χ1) is 12.7. The van der Waals surface area contributed by atoms with E-state index in [9.17, 15) is 13.2 Å². The summed E-state index contributed by atoms with van der Waals surface area (Å²) in [7, 11) is -0.940. The number of benzene rings is 2. The third-order valence-electron chi connectivity index (χ3n) is 3.59. The summed E-state index contributed by atoms with van der Waals surface area (Å²) in [6.07, 6.45) is 1.38. The summed E-state index contributed by atoms with van der Waals surface area (Å²) in [5.41, 5.74) is 6.60. The zero-order valence-corrected chi connectivity index (χ0v) is 16.1. The van der Waals surface area contributed by atoms with Crippen molar-refractivity contribution in [1.29, 1.82) is 0 Å². The second kappa shape index (κ2) is 8.54. The van der Waals surface area contributed by atoms with Gasteiger partial charge in [0.15, 0.2) is 18.1 Å². The predicted octanol–water partition coefficient (Wildman–Crippen LogP) is 1.52. The van der Waals surface area contributed by atoms with E-state index in [1.54, 1.807) is 30.3 Å². The summed E-state index contributed by atoms with van der Waals surface area (Å²) in [5, 5.41) is 3.99. The quantitative estimate of drug-likeness (QED) is 0.542. The maximum atomic E-state index is 12.5. The van der Waals surface area contributed by atoms with Crippen LogP contribution in [0.15, 0.2) is 52.5 Å². The lowest BCUT2D eigenvalue weighted by Crippen LogP contribution is -2.22. The van der Waals surface area contributed by atoms with Crippen LogP contribution in [0.2, 0.25) is 0 Å². The molecule has 0 heterocycles. The summed E-state index contributed by atoms with van der Waals surface area (Å²) in [5.74, 6) is 0.101. The fourth-order valence-corrected chi connectivity index (χ4v) is 3.06. The van der Waals surface area contributed by atoms with Crippen LogP contribution in [-0.4, -0.2) is 45.7 Å². The van der Waals surface area contributed by atoms with Crippen LogP contribution in [0.5, 0.6) is 11.5 Å². The number of primary amides is 1. The number of amides is 1. The van der Waals surface area contributed by atoms with Gasteiger partial charge >= 0.3 is 0 Å². The molecular formula is C18H21N3O5S. The van der Waals surface area contributed by atoms with E-state index in [1.807, 2.05) is 6.92 Å². The van der Waals surface area contributed by atoms with Crippen molar-refractivity contribution in [2.45, 2.75) is 11.8 Å². The number of ether oxygens (including phenoxy) is 2. The Morgan fingerprint density at radius 2 is 1.85 bits per heavy atom. The topological polar surface area (TPSA) is 111 Å². The van der Waals surface area contributed by atoms with Crippen molar-refractivity contribution in [3.05, 3.63) is 53.6 Å². The van der Waals surface area contributed by atoms with Crippen LogP contribution < -0.4 is 15.2 Å². The number of rotatable bonds is 8. The maximum absolute atomic E-state index is 12.5. The number of nitrogens with two attached hydrogens (primary N) is 1. The van der Waals surface area contributed by atoms with Gasteiger partial charge in [-0.1, -0.05) is 17.7 Å². The number of hydrogen-bond donors (Lipinski definition) is 1. The Hall–Kier alpha value is -3.07. The zero-order valence-electron chi connectivity index (χ0n) is 15.2. The molecule has 2 N–H and O–H groups in total. The van der Waals surface area contributed by atoms with Crippen LogP contribution >= 0.6 is 0 Å². The number of hydrazone groups is 1.